The van der Waals surface area contributed by atoms with Gasteiger partial charge in [-0.2, -0.15) is 0 Å². The standard InChI is InChI=1S/C15H25N3O2/c1-12-9-17-14(10-16-12)20-13-5-6-18(11-13)7-8-19-15(2,3)4/h9-10,13H,5-8,11H2,1-4H3. The van der Waals surface area contributed by atoms with Crippen LogP contribution in [0.3, 0.4) is 0 Å². The van der Waals surface area contributed by atoms with Crippen molar-refractivity contribution in [3.63, 3.8) is 0 Å². The predicted octanol–water partition coefficient (Wildman–Crippen LogP) is 2.05. The van der Waals surface area contributed by atoms with Gasteiger partial charge in [-0.1, -0.05) is 0 Å². The molecule has 1 aromatic rings. The van der Waals surface area contributed by atoms with Crippen molar-refractivity contribution in [3.05, 3.63) is 18.1 Å². The van der Waals surface area contributed by atoms with Crippen molar-refractivity contribution in [2.75, 3.05) is 26.2 Å². The quantitative estimate of drug-likeness (QED) is 0.825. The molecule has 20 heavy (non-hydrogen) atoms. The molecule has 0 bridgehead atoms. The lowest BCUT2D eigenvalue weighted by molar-refractivity contribution is -0.0116. The van der Waals surface area contributed by atoms with Crippen molar-refractivity contribution in [1.29, 1.82) is 0 Å². The number of rotatable bonds is 5. The van der Waals surface area contributed by atoms with Crippen LogP contribution in [-0.2, 0) is 4.74 Å². The second-order valence-corrected chi connectivity index (χ2v) is 6.29. The Balaban J connectivity index is 1.71. The van der Waals surface area contributed by atoms with Crippen LogP contribution < -0.4 is 4.74 Å². The van der Waals surface area contributed by atoms with E-state index in [1.807, 2.05) is 6.92 Å². The first-order valence-electron chi connectivity index (χ1n) is 7.24. The zero-order valence-corrected chi connectivity index (χ0v) is 12.9. The Morgan fingerprint density at radius 2 is 2.10 bits per heavy atom. The van der Waals surface area contributed by atoms with Gasteiger partial charge in [-0.3, -0.25) is 9.88 Å². The van der Waals surface area contributed by atoms with E-state index in [0.29, 0.717) is 5.88 Å². The highest BCUT2D eigenvalue weighted by molar-refractivity contribution is 5.06. The average Bonchev–Trinajstić information content (AvgIpc) is 2.78. The Bertz CT molecular complexity index is 414. The summed E-state index contributed by atoms with van der Waals surface area (Å²) in [4.78, 5) is 10.8. The Labute approximate surface area is 121 Å². The third kappa shape index (κ3) is 5.06. The van der Waals surface area contributed by atoms with E-state index in [2.05, 4.69) is 35.6 Å². The fraction of sp³-hybridized carbons (Fsp3) is 0.733. The van der Waals surface area contributed by atoms with Crippen molar-refractivity contribution in [2.45, 2.75) is 45.8 Å². The molecule has 0 saturated carbocycles. The van der Waals surface area contributed by atoms with Gasteiger partial charge < -0.3 is 9.47 Å². The summed E-state index contributed by atoms with van der Waals surface area (Å²) >= 11 is 0. The van der Waals surface area contributed by atoms with Gasteiger partial charge >= 0.3 is 0 Å². The van der Waals surface area contributed by atoms with Crippen LogP contribution in [0.25, 0.3) is 0 Å². The van der Waals surface area contributed by atoms with Gasteiger partial charge in [0.25, 0.3) is 0 Å². The third-order valence-corrected chi connectivity index (χ3v) is 3.22. The van der Waals surface area contributed by atoms with Crippen LogP contribution >= 0.6 is 0 Å². The van der Waals surface area contributed by atoms with E-state index in [1.54, 1.807) is 12.4 Å². The molecule has 1 aromatic heterocycles. The highest BCUT2D eigenvalue weighted by Gasteiger charge is 2.24. The maximum absolute atomic E-state index is 5.85. The Kier molecular flexibility index (Phi) is 4.94. The molecular formula is C15H25N3O2. The molecule has 0 aromatic carbocycles. The largest absolute Gasteiger partial charge is 0.472 e. The van der Waals surface area contributed by atoms with E-state index in [4.69, 9.17) is 9.47 Å². The number of aromatic nitrogens is 2. The van der Waals surface area contributed by atoms with Gasteiger partial charge in [0.15, 0.2) is 0 Å². The van der Waals surface area contributed by atoms with Gasteiger partial charge in [-0.15, -0.1) is 0 Å². The van der Waals surface area contributed by atoms with E-state index in [1.165, 1.54) is 0 Å². The maximum Gasteiger partial charge on any atom is 0.232 e. The molecule has 1 atom stereocenters. The minimum atomic E-state index is -0.0624. The fourth-order valence-electron chi connectivity index (χ4n) is 2.19. The normalized spacial score (nSPS) is 20.3. The van der Waals surface area contributed by atoms with Gasteiger partial charge in [0.05, 0.1) is 30.3 Å². The van der Waals surface area contributed by atoms with E-state index in [9.17, 15) is 0 Å². The number of hydrogen-bond acceptors (Lipinski definition) is 5. The number of ether oxygens (including phenoxy) is 2. The first-order chi connectivity index (χ1) is 9.42. The summed E-state index contributed by atoms with van der Waals surface area (Å²) < 4.78 is 11.6. The molecule has 5 heteroatoms. The van der Waals surface area contributed by atoms with Gasteiger partial charge in [-0.25, -0.2) is 4.98 Å². The Morgan fingerprint density at radius 3 is 2.75 bits per heavy atom. The van der Waals surface area contributed by atoms with Crippen LogP contribution in [0.15, 0.2) is 12.4 Å². The highest BCUT2D eigenvalue weighted by atomic mass is 16.5. The molecule has 0 aliphatic carbocycles. The van der Waals surface area contributed by atoms with Crippen LogP contribution in [0.4, 0.5) is 0 Å². The summed E-state index contributed by atoms with van der Waals surface area (Å²) in [5.41, 5.74) is 0.845. The molecule has 0 N–H and O–H groups in total. The van der Waals surface area contributed by atoms with Gasteiger partial charge in [0.1, 0.15) is 6.10 Å². The molecule has 112 valence electrons. The SMILES string of the molecule is Cc1cnc(OC2CCN(CCOC(C)(C)C)C2)cn1. The predicted molar refractivity (Wildman–Crippen MR) is 77.9 cm³/mol. The summed E-state index contributed by atoms with van der Waals surface area (Å²) in [7, 11) is 0. The first-order valence-corrected chi connectivity index (χ1v) is 7.24. The molecule has 1 unspecified atom stereocenters. The second kappa shape index (κ2) is 6.50. The molecular weight excluding hydrogens is 254 g/mol. The molecule has 0 spiro atoms. The molecule has 0 amide bonds. The topological polar surface area (TPSA) is 47.5 Å². The summed E-state index contributed by atoms with van der Waals surface area (Å²) in [5, 5.41) is 0. The van der Waals surface area contributed by atoms with Crippen LogP contribution in [0.5, 0.6) is 5.88 Å². The molecule has 1 aliphatic heterocycles. The second-order valence-electron chi connectivity index (χ2n) is 6.29. The van der Waals surface area contributed by atoms with Crippen LogP contribution in [0.2, 0.25) is 0 Å². The fourth-order valence-corrected chi connectivity index (χ4v) is 2.19. The first kappa shape index (κ1) is 15.2. The smallest absolute Gasteiger partial charge is 0.232 e. The summed E-state index contributed by atoms with van der Waals surface area (Å²) in [6.07, 6.45) is 4.67. The summed E-state index contributed by atoms with van der Waals surface area (Å²) in [6.45, 7) is 11.9. The van der Waals surface area contributed by atoms with Gasteiger partial charge in [-0.05, 0) is 34.1 Å². The Morgan fingerprint density at radius 1 is 1.30 bits per heavy atom. The monoisotopic (exact) mass is 279 g/mol. The van der Waals surface area contributed by atoms with E-state index in [0.717, 1.165) is 38.4 Å². The minimum Gasteiger partial charge on any atom is -0.472 e. The Hall–Kier alpha value is -1.20. The van der Waals surface area contributed by atoms with Crippen LogP contribution in [-0.4, -0.2) is 52.8 Å². The van der Waals surface area contributed by atoms with E-state index < -0.39 is 0 Å². The molecule has 2 heterocycles. The lowest BCUT2D eigenvalue weighted by Gasteiger charge is -2.22. The lowest BCUT2D eigenvalue weighted by Crippen LogP contribution is -2.31. The van der Waals surface area contributed by atoms with Crippen LogP contribution in [0, 0.1) is 6.92 Å². The highest BCUT2D eigenvalue weighted by Crippen LogP contribution is 2.16. The van der Waals surface area contributed by atoms with Crippen molar-refractivity contribution >= 4 is 0 Å². The summed E-state index contributed by atoms with van der Waals surface area (Å²) in [5.74, 6) is 0.619. The average molecular weight is 279 g/mol. The zero-order chi connectivity index (χ0) is 14.6. The molecule has 1 aliphatic rings. The van der Waals surface area contributed by atoms with E-state index >= 15 is 0 Å². The number of likely N-dealkylation sites (tertiary alicyclic amines) is 1. The molecule has 1 saturated heterocycles. The van der Waals surface area contributed by atoms with Gasteiger partial charge in [0, 0.05) is 19.6 Å². The van der Waals surface area contributed by atoms with Crippen molar-refractivity contribution in [2.24, 2.45) is 0 Å². The van der Waals surface area contributed by atoms with Crippen molar-refractivity contribution < 1.29 is 9.47 Å². The number of nitrogens with zero attached hydrogens (tertiary/aromatic N) is 3. The minimum absolute atomic E-state index is 0.0624. The maximum atomic E-state index is 5.85. The van der Waals surface area contributed by atoms with Crippen molar-refractivity contribution in [1.82, 2.24) is 14.9 Å². The zero-order valence-electron chi connectivity index (χ0n) is 12.9. The van der Waals surface area contributed by atoms with Crippen LogP contribution in [0.1, 0.15) is 32.9 Å². The lowest BCUT2D eigenvalue weighted by atomic mass is 10.2. The molecule has 2 rings (SSSR count). The van der Waals surface area contributed by atoms with Gasteiger partial charge in [0.2, 0.25) is 5.88 Å². The molecule has 5 nitrogen and oxygen atoms in total. The number of hydrogen-bond donors (Lipinski definition) is 0. The summed E-state index contributed by atoms with van der Waals surface area (Å²) in [6, 6.07) is 0. The van der Waals surface area contributed by atoms with Crippen molar-refractivity contribution in [3.8, 4) is 5.88 Å². The molecule has 1 fully saturated rings. The van der Waals surface area contributed by atoms with E-state index in [-0.39, 0.29) is 11.7 Å². The third-order valence-electron chi connectivity index (χ3n) is 3.22. The molecule has 0 radical (unpaired) electrons. The number of aryl methyl sites for hydroxylation is 1.